The van der Waals surface area contributed by atoms with Crippen LogP contribution in [0.25, 0.3) is 0 Å². The lowest BCUT2D eigenvalue weighted by molar-refractivity contribution is 0.251. The van der Waals surface area contributed by atoms with E-state index in [0.717, 1.165) is 16.8 Å². The van der Waals surface area contributed by atoms with Gasteiger partial charge in [-0.2, -0.15) is 0 Å². The van der Waals surface area contributed by atoms with Gasteiger partial charge in [-0.3, -0.25) is 4.90 Å². The zero-order chi connectivity index (χ0) is 14.0. The molecule has 1 N–H and O–H groups in total. The SMILES string of the molecule is CC(c1ccc(Cl)s1)N1CCC(CNC(C)(C)C)C1. The first-order valence-corrected chi connectivity index (χ1v) is 8.29. The molecular formula is C15H25ClN2S. The first-order valence-electron chi connectivity index (χ1n) is 7.09. The van der Waals surface area contributed by atoms with Gasteiger partial charge in [0.05, 0.1) is 4.34 Å². The van der Waals surface area contributed by atoms with Crippen LogP contribution in [-0.4, -0.2) is 30.1 Å². The van der Waals surface area contributed by atoms with Gasteiger partial charge in [-0.15, -0.1) is 11.3 Å². The second-order valence-corrected chi connectivity index (χ2v) is 8.35. The van der Waals surface area contributed by atoms with Crippen LogP contribution >= 0.6 is 22.9 Å². The molecule has 0 aromatic carbocycles. The Kier molecular flexibility index (Phi) is 4.93. The number of hydrogen-bond acceptors (Lipinski definition) is 3. The van der Waals surface area contributed by atoms with Crippen molar-refractivity contribution in [3.63, 3.8) is 0 Å². The Labute approximate surface area is 126 Å². The highest BCUT2D eigenvalue weighted by Gasteiger charge is 2.28. The maximum absolute atomic E-state index is 6.03. The van der Waals surface area contributed by atoms with Gasteiger partial charge in [0.15, 0.2) is 0 Å². The minimum Gasteiger partial charge on any atom is -0.312 e. The topological polar surface area (TPSA) is 15.3 Å². The van der Waals surface area contributed by atoms with E-state index in [1.54, 1.807) is 11.3 Å². The van der Waals surface area contributed by atoms with E-state index in [4.69, 9.17) is 11.6 Å². The van der Waals surface area contributed by atoms with Crippen LogP contribution in [0, 0.1) is 5.92 Å². The summed E-state index contributed by atoms with van der Waals surface area (Å²) in [4.78, 5) is 3.96. The third-order valence-electron chi connectivity index (χ3n) is 3.79. The minimum absolute atomic E-state index is 0.223. The number of nitrogens with one attached hydrogen (secondary N) is 1. The molecule has 2 nitrogen and oxygen atoms in total. The second kappa shape index (κ2) is 6.13. The van der Waals surface area contributed by atoms with Crippen LogP contribution in [0.15, 0.2) is 12.1 Å². The van der Waals surface area contributed by atoms with Crippen LogP contribution in [0.4, 0.5) is 0 Å². The number of likely N-dealkylation sites (tertiary alicyclic amines) is 1. The van der Waals surface area contributed by atoms with E-state index in [1.807, 2.05) is 6.07 Å². The van der Waals surface area contributed by atoms with Crippen molar-refractivity contribution in [3.8, 4) is 0 Å². The quantitative estimate of drug-likeness (QED) is 0.897. The molecule has 2 atom stereocenters. The van der Waals surface area contributed by atoms with Crippen molar-refractivity contribution in [1.29, 1.82) is 0 Å². The summed E-state index contributed by atoms with van der Waals surface area (Å²) in [5.74, 6) is 0.775. The molecule has 2 heterocycles. The van der Waals surface area contributed by atoms with Gasteiger partial charge in [0.2, 0.25) is 0 Å². The summed E-state index contributed by atoms with van der Waals surface area (Å²) in [5, 5.41) is 3.62. The summed E-state index contributed by atoms with van der Waals surface area (Å²) in [6.07, 6.45) is 1.30. The molecule has 1 aliphatic rings. The minimum atomic E-state index is 0.223. The molecule has 2 rings (SSSR count). The van der Waals surface area contributed by atoms with Crippen molar-refractivity contribution >= 4 is 22.9 Å². The van der Waals surface area contributed by atoms with Crippen molar-refractivity contribution < 1.29 is 0 Å². The van der Waals surface area contributed by atoms with Gasteiger partial charge in [-0.25, -0.2) is 0 Å². The van der Waals surface area contributed by atoms with Gasteiger partial charge >= 0.3 is 0 Å². The smallest absolute Gasteiger partial charge is 0.0931 e. The zero-order valence-corrected chi connectivity index (χ0v) is 13.9. The summed E-state index contributed by atoms with van der Waals surface area (Å²) in [7, 11) is 0. The first-order chi connectivity index (χ1) is 8.85. The third kappa shape index (κ3) is 4.45. The Morgan fingerprint density at radius 2 is 2.21 bits per heavy atom. The van der Waals surface area contributed by atoms with Crippen LogP contribution < -0.4 is 5.32 Å². The van der Waals surface area contributed by atoms with E-state index in [-0.39, 0.29) is 5.54 Å². The number of halogens is 1. The molecule has 0 aliphatic carbocycles. The summed E-state index contributed by atoms with van der Waals surface area (Å²) in [6.45, 7) is 12.5. The molecule has 0 radical (unpaired) electrons. The molecular weight excluding hydrogens is 276 g/mol. The molecule has 1 saturated heterocycles. The van der Waals surface area contributed by atoms with Crippen molar-refractivity contribution in [3.05, 3.63) is 21.3 Å². The fraction of sp³-hybridized carbons (Fsp3) is 0.733. The Morgan fingerprint density at radius 1 is 1.47 bits per heavy atom. The van der Waals surface area contributed by atoms with E-state index in [9.17, 15) is 0 Å². The maximum Gasteiger partial charge on any atom is 0.0931 e. The van der Waals surface area contributed by atoms with E-state index in [0.29, 0.717) is 6.04 Å². The van der Waals surface area contributed by atoms with Gasteiger partial charge in [0.1, 0.15) is 0 Å². The molecule has 1 aliphatic heterocycles. The molecule has 19 heavy (non-hydrogen) atoms. The van der Waals surface area contributed by atoms with Crippen molar-refractivity contribution in [2.24, 2.45) is 5.92 Å². The molecule has 108 valence electrons. The van der Waals surface area contributed by atoms with Crippen LogP contribution in [0.3, 0.4) is 0 Å². The highest BCUT2D eigenvalue weighted by atomic mass is 35.5. The van der Waals surface area contributed by atoms with Gasteiger partial charge in [0.25, 0.3) is 0 Å². The van der Waals surface area contributed by atoms with Crippen LogP contribution in [0.5, 0.6) is 0 Å². The predicted molar refractivity (Wildman–Crippen MR) is 85.2 cm³/mol. The van der Waals surface area contributed by atoms with Gasteiger partial charge in [-0.05, 0) is 65.3 Å². The van der Waals surface area contributed by atoms with Gasteiger partial charge < -0.3 is 5.32 Å². The number of hydrogen-bond donors (Lipinski definition) is 1. The fourth-order valence-corrected chi connectivity index (χ4v) is 3.71. The largest absolute Gasteiger partial charge is 0.312 e. The van der Waals surface area contributed by atoms with Crippen LogP contribution in [-0.2, 0) is 0 Å². The maximum atomic E-state index is 6.03. The molecule has 0 amide bonds. The van der Waals surface area contributed by atoms with E-state index >= 15 is 0 Å². The van der Waals surface area contributed by atoms with Crippen molar-refractivity contribution in [2.75, 3.05) is 19.6 Å². The third-order valence-corrected chi connectivity index (χ3v) is 5.19. The Morgan fingerprint density at radius 3 is 2.79 bits per heavy atom. The monoisotopic (exact) mass is 300 g/mol. The molecule has 0 saturated carbocycles. The van der Waals surface area contributed by atoms with E-state index < -0.39 is 0 Å². The fourth-order valence-electron chi connectivity index (χ4n) is 2.56. The van der Waals surface area contributed by atoms with E-state index in [2.05, 4.69) is 44.0 Å². The standard InChI is InChI=1S/C15H25ClN2S/c1-11(13-5-6-14(16)19-13)18-8-7-12(10-18)9-17-15(2,3)4/h5-6,11-12,17H,7-10H2,1-4H3. The highest BCUT2D eigenvalue weighted by Crippen LogP contribution is 2.33. The summed E-state index contributed by atoms with van der Waals surface area (Å²) < 4.78 is 0.895. The zero-order valence-electron chi connectivity index (χ0n) is 12.4. The molecule has 1 aromatic heterocycles. The predicted octanol–water partition coefficient (Wildman–Crippen LogP) is 4.17. The number of thiophene rings is 1. The molecule has 1 aromatic rings. The molecule has 0 spiro atoms. The lowest BCUT2D eigenvalue weighted by atomic mass is 10.1. The molecule has 4 heteroatoms. The Bertz CT molecular complexity index is 411. The van der Waals surface area contributed by atoms with Crippen LogP contribution in [0.1, 0.15) is 45.0 Å². The van der Waals surface area contributed by atoms with Gasteiger partial charge in [-0.1, -0.05) is 11.6 Å². The normalized spacial score (nSPS) is 22.9. The summed E-state index contributed by atoms with van der Waals surface area (Å²) in [6, 6.07) is 4.67. The average molecular weight is 301 g/mol. The van der Waals surface area contributed by atoms with Crippen molar-refractivity contribution in [1.82, 2.24) is 10.2 Å². The second-order valence-electron chi connectivity index (χ2n) is 6.60. The highest BCUT2D eigenvalue weighted by molar-refractivity contribution is 7.16. The Hall–Kier alpha value is -0.0900. The number of rotatable bonds is 4. The first kappa shape index (κ1) is 15.3. The molecule has 0 bridgehead atoms. The lowest BCUT2D eigenvalue weighted by Gasteiger charge is -2.25. The molecule has 2 unspecified atom stereocenters. The molecule has 1 fully saturated rings. The number of nitrogens with zero attached hydrogens (tertiary/aromatic N) is 1. The summed E-state index contributed by atoms with van der Waals surface area (Å²) in [5.41, 5.74) is 0.223. The van der Waals surface area contributed by atoms with Crippen molar-refractivity contribution in [2.45, 2.75) is 45.7 Å². The lowest BCUT2D eigenvalue weighted by Crippen LogP contribution is -2.39. The van der Waals surface area contributed by atoms with Gasteiger partial charge in [0, 0.05) is 23.0 Å². The Balaban J connectivity index is 1.84. The average Bonchev–Trinajstić information content (AvgIpc) is 2.93. The summed E-state index contributed by atoms with van der Waals surface area (Å²) >= 11 is 7.74. The van der Waals surface area contributed by atoms with E-state index in [1.165, 1.54) is 24.4 Å². The van der Waals surface area contributed by atoms with Crippen LogP contribution in [0.2, 0.25) is 4.34 Å².